The van der Waals surface area contributed by atoms with Gasteiger partial charge in [-0.25, -0.2) is 9.97 Å². The van der Waals surface area contributed by atoms with Crippen LogP contribution in [0.2, 0.25) is 0 Å². The van der Waals surface area contributed by atoms with Gasteiger partial charge in [0, 0.05) is 18.3 Å². The van der Waals surface area contributed by atoms with Crippen LogP contribution in [0.3, 0.4) is 0 Å². The second kappa shape index (κ2) is 5.64. The molecule has 0 amide bonds. The molecule has 0 spiro atoms. The van der Waals surface area contributed by atoms with E-state index in [-0.39, 0.29) is 0 Å². The molecule has 92 valence electrons. The van der Waals surface area contributed by atoms with Crippen molar-refractivity contribution in [2.75, 3.05) is 0 Å². The molecule has 2 heterocycles. The van der Waals surface area contributed by atoms with Crippen molar-refractivity contribution in [1.29, 1.82) is 0 Å². The number of imidazole rings is 1. The van der Waals surface area contributed by atoms with Crippen LogP contribution in [0, 0.1) is 5.92 Å². The number of aromatic amines is 1. The highest BCUT2D eigenvalue weighted by molar-refractivity contribution is 8.00. The monoisotopic (exact) mass is 268 g/mol. The maximum atomic E-state index is 4.49. The summed E-state index contributed by atoms with van der Waals surface area (Å²) in [7, 11) is 0. The topological polar surface area (TPSA) is 54.5 Å². The van der Waals surface area contributed by atoms with Crippen molar-refractivity contribution in [3.8, 4) is 0 Å². The first-order chi connectivity index (χ1) is 8.17. The Balaban J connectivity index is 2.01. The van der Waals surface area contributed by atoms with E-state index >= 15 is 0 Å². The largest absolute Gasteiger partial charge is 0.337 e. The predicted molar refractivity (Wildman–Crippen MR) is 70.5 cm³/mol. The summed E-state index contributed by atoms with van der Waals surface area (Å²) in [6.07, 6.45) is 3.79. The number of aromatic nitrogens is 4. The van der Waals surface area contributed by atoms with Crippen LogP contribution >= 0.6 is 23.3 Å². The molecule has 0 fully saturated rings. The van der Waals surface area contributed by atoms with Crippen molar-refractivity contribution in [3.05, 3.63) is 17.7 Å². The third kappa shape index (κ3) is 3.54. The van der Waals surface area contributed by atoms with Crippen LogP contribution in [-0.4, -0.2) is 19.3 Å². The molecule has 0 aliphatic heterocycles. The summed E-state index contributed by atoms with van der Waals surface area (Å²) < 4.78 is 5.30. The number of aryl methyl sites for hydroxylation is 1. The molecule has 2 aromatic heterocycles. The van der Waals surface area contributed by atoms with Gasteiger partial charge in [0.1, 0.15) is 5.82 Å². The Hall–Kier alpha value is -0.880. The van der Waals surface area contributed by atoms with Gasteiger partial charge in [-0.05, 0) is 35.6 Å². The zero-order valence-corrected chi connectivity index (χ0v) is 11.9. The van der Waals surface area contributed by atoms with E-state index in [2.05, 4.69) is 40.1 Å². The number of hydrogen-bond acceptors (Lipinski definition) is 5. The Kier molecular flexibility index (Phi) is 4.17. The van der Waals surface area contributed by atoms with Crippen molar-refractivity contribution in [1.82, 2.24) is 19.3 Å². The molecular weight excluding hydrogens is 252 g/mol. The lowest BCUT2D eigenvalue weighted by molar-refractivity contribution is 0.625. The van der Waals surface area contributed by atoms with Gasteiger partial charge in [-0.15, -0.1) is 0 Å². The van der Waals surface area contributed by atoms with Crippen molar-refractivity contribution in [3.63, 3.8) is 0 Å². The normalized spacial score (nSPS) is 11.3. The molecule has 0 aliphatic carbocycles. The summed E-state index contributed by atoms with van der Waals surface area (Å²) in [6.45, 7) is 6.45. The van der Waals surface area contributed by atoms with Gasteiger partial charge in [0.05, 0.1) is 0 Å². The second-order valence-corrected chi connectivity index (χ2v) is 6.23. The fraction of sp³-hybridized carbons (Fsp3) is 0.545. The molecule has 0 saturated heterocycles. The van der Waals surface area contributed by atoms with Gasteiger partial charge in [-0.1, -0.05) is 20.8 Å². The molecule has 2 aromatic rings. The molecule has 4 nitrogen and oxygen atoms in total. The van der Waals surface area contributed by atoms with E-state index in [1.54, 1.807) is 11.8 Å². The van der Waals surface area contributed by atoms with Gasteiger partial charge in [0.15, 0.2) is 9.50 Å². The van der Waals surface area contributed by atoms with Crippen molar-refractivity contribution >= 4 is 23.3 Å². The summed E-state index contributed by atoms with van der Waals surface area (Å²) in [5.74, 6) is 1.53. The highest BCUT2D eigenvalue weighted by Gasteiger charge is 2.09. The first-order valence-corrected chi connectivity index (χ1v) is 7.30. The Morgan fingerprint density at radius 2 is 2.29 bits per heavy atom. The fourth-order valence-corrected chi connectivity index (χ4v) is 2.93. The number of nitrogens with one attached hydrogen (secondary N) is 1. The minimum atomic E-state index is 0.595. The highest BCUT2D eigenvalue weighted by atomic mass is 32.2. The summed E-state index contributed by atoms with van der Waals surface area (Å²) in [4.78, 5) is 12.0. The lowest BCUT2D eigenvalue weighted by Crippen LogP contribution is -1.95. The van der Waals surface area contributed by atoms with Crippen LogP contribution in [-0.2, 0) is 12.8 Å². The van der Waals surface area contributed by atoms with Gasteiger partial charge < -0.3 is 4.98 Å². The number of rotatable bonds is 5. The van der Waals surface area contributed by atoms with Gasteiger partial charge in [-0.2, -0.15) is 4.37 Å². The van der Waals surface area contributed by atoms with Gasteiger partial charge in [-0.3, -0.25) is 0 Å². The van der Waals surface area contributed by atoms with E-state index in [0.29, 0.717) is 5.92 Å². The maximum Gasteiger partial charge on any atom is 0.177 e. The molecule has 0 unspecified atom stereocenters. The SMILES string of the molecule is CCc1cnc(Sc2nc(CC(C)C)ns2)[nH]1. The average Bonchev–Trinajstić information content (AvgIpc) is 2.88. The molecule has 2 rings (SSSR count). The first-order valence-electron chi connectivity index (χ1n) is 5.71. The Bertz CT molecular complexity index is 475. The zero-order chi connectivity index (χ0) is 12.3. The van der Waals surface area contributed by atoms with E-state index in [1.807, 2.05) is 6.20 Å². The summed E-state index contributed by atoms with van der Waals surface area (Å²) in [6, 6.07) is 0. The van der Waals surface area contributed by atoms with E-state index < -0.39 is 0 Å². The average molecular weight is 268 g/mol. The molecule has 0 radical (unpaired) electrons. The van der Waals surface area contributed by atoms with Gasteiger partial charge in [0.2, 0.25) is 0 Å². The first kappa shape index (κ1) is 12.6. The zero-order valence-electron chi connectivity index (χ0n) is 10.2. The molecule has 0 atom stereocenters. The van der Waals surface area contributed by atoms with Crippen LogP contribution in [0.4, 0.5) is 0 Å². The summed E-state index contributed by atoms with van der Waals surface area (Å²) in [5, 5.41) is 0.897. The Morgan fingerprint density at radius 3 is 2.94 bits per heavy atom. The molecule has 0 aliphatic rings. The van der Waals surface area contributed by atoms with Crippen molar-refractivity contribution < 1.29 is 0 Å². The van der Waals surface area contributed by atoms with E-state index in [0.717, 1.165) is 33.9 Å². The molecule has 6 heteroatoms. The number of H-pyrrole nitrogens is 1. The molecule has 1 N–H and O–H groups in total. The van der Waals surface area contributed by atoms with Crippen LogP contribution in [0.15, 0.2) is 15.7 Å². The van der Waals surface area contributed by atoms with Gasteiger partial charge in [0.25, 0.3) is 0 Å². The standard InChI is InChI=1S/C11H16N4S2/c1-4-8-6-12-10(13-8)16-11-14-9(15-17-11)5-7(2)3/h6-7H,4-5H2,1-3H3,(H,12,13). The molecule has 0 saturated carbocycles. The lowest BCUT2D eigenvalue weighted by atomic mass is 10.1. The van der Waals surface area contributed by atoms with Crippen molar-refractivity contribution in [2.45, 2.75) is 43.1 Å². The fourth-order valence-electron chi connectivity index (χ4n) is 1.38. The second-order valence-electron chi connectivity index (χ2n) is 4.24. The van der Waals surface area contributed by atoms with E-state index in [9.17, 15) is 0 Å². The molecule has 0 bridgehead atoms. The lowest BCUT2D eigenvalue weighted by Gasteiger charge is -1.97. The molecule has 17 heavy (non-hydrogen) atoms. The number of hydrogen-bond donors (Lipinski definition) is 1. The van der Waals surface area contributed by atoms with Crippen LogP contribution in [0.25, 0.3) is 0 Å². The Labute approximate surface area is 109 Å². The smallest absolute Gasteiger partial charge is 0.177 e. The quantitative estimate of drug-likeness (QED) is 0.905. The van der Waals surface area contributed by atoms with Crippen LogP contribution in [0.5, 0.6) is 0 Å². The Morgan fingerprint density at radius 1 is 1.47 bits per heavy atom. The summed E-state index contributed by atoms with van der Waals surface area (Å²) >= 11 is 3.00. The summed E-state index contributed by atoms with van der Waals surface area (Å²) in [5.41, 5.74) is 1.15. The minimum absolute atomic E-state index is 0.595. The van der Waals surface area contributed by atoms with Crippen LogP contribution < -0.4 is 0 Å². The van der Waals surface area contributed by atoms with E-state index in [4.69, 9.17) is 0 Å². The third-order valence-corrected chi connectivity index (χ3v) is 3.90. The number of nitrogens with zero attached hydrogens (tertiary/aromatic N) is 3. The highest BCUT2D eigenvalue weighted by Crippen LogP contribution is 2.27. The molecular formula is C11H16N4S2. The third-order valence-electron chi connectivity index (χ3n) is 2.21. The molecule has 0 aromatic carbocycles. The van der Waals surface area contributed by atoms with Gasteiger partial charge >= 0.3 is 0 Å². The van der Waals surface area contributed by atoms with Crippen molar-refractivity contribution in [2.24, 2.45) is 5.92 Å². The minimum Gasteiger partial charge on any atom is -0.337 e. The maximum absolute atomic E-state index is 4.49. The van der Waals surface area contributed by atoms with E-state index in [1.165, 1.54) is 11.5 Å². The van der Waals surface area contributed by atoms with Crippen LogP contribution in [0.1, 0.15) is 32.3 Å². The predicted octanol–water partition coefficient (Wildman–Crippen LogP) is 3.17.